The van der Waals surface area contributed by atoms with Crippen LogP contribution in [0.2, 0.25) is 0 Å². The molecule has 0 unspecified atom stereocenters. The molecule has 0 radical (unpaired) electrons. The molecule has 9 nitrogen and oxygen atoms in total. The molecule has 1 aromatic carbocycles. The molecule has 0 saturated carbocycles. The maximum atomic E-state index is 12.2. The maximum absolute atomic E-state index is 12.2. The molecule has 0 bridgehead atoms. The van der Waals surface area contributed by atoms with Gasteiger partial charge in [-0.2, -0.15) is 4.98 Å². The topological polar surface area (TPSA) is 104 Å². The van der Waals surface area contributed by atoms with Crippen molar-refractivity contribution in [3.05, 3.63) is 59.1 Å². The zero-order valence-electron chi connectivity index (χ0n) is 15.1. The normalized spacial score (nSPS) is 10.8. The molecule has 28 heavy (non-hydrogen) atoms. The van der Waals surface area contributed by atoms with E-state index in [0.29, 0.717) is 16.6 Å². The predicted octanol–water partition coefficient (Wildman–Crippen LogP) is 3.00. The summed E-state index contributed by atoms with van der Waals surface area (Å²) < 4.78 is 11.9. The molecule has 0 saturated heterocycles. The van der Waals surface area contributed by atoms with Crippen molar-refractivity contribution in [1.29, 1.82) is 0 Å². The Labute approximate surface area is 164 Å². The number of nitrogens with one attached hydrogen (secondary N) is 1. The number of thiazole rings is 1. The van der Waals surface area contributed by atoms with E-state index < -0.39 is 5.97 Å². The van der Waals surface area contributed by atoms with Crippen LogP contribution in [0.15, 0.2) is 41.9 Å². The van der Waals surface area contributed by atoms with Gasteiger partial charge in [-0.3, -0.25) is 0 Å². The van der Waals surface area contributed by atoms with Gasteiger partial charge >= 0.3 is 5.97 Å². The summed E-state index contributed by atoms with van der Waals surface area (Å²) in [7, 11) is 1.62. The molecule has 3 aromatic heterocycles. The van der Waals surface area contributed by atoms with E-state index in [1.807, 2.05) is 36.6 Å². The summed E-state index contributed by atoms with van der Waals surface area (Å²) in [6.07, 6.45) is 1.61. The number of anilines is 2. The number of carbonyl (C=O) groups is 1. The highest BCUT2D eigenvalue weighted by Gasteiger charge is 2.16. The minimum atomic E-state index is -0.623. The molecular formula is C18H16N6O3S. The summed E-state index contributed by atoms with van der Waals surface area (Å²) >= 11 is 1.42. The van der Waals surface area contributed by atoms with E-state index in [4.69, 9.17) is 9.47 Å². The number of rotatable bonds is 6. The van der Waals surface area contributed by atoms with Crippen molar-refractivity contribution < 1.29 is 14.3 Å². The summed E-state index contributed by atoms with van der Waals surface area (Å²) in [5.41, 5.74) is 2.34. The summed E-state index contributed by atoms with van der Waals surface area (Å²) in [5, 5.41) is 9.84. The van der Waals surface area contributed by atoms with Crippen molar-refractivity contribution in [2.45, 2.75) is 13.5 Å². The number of aryl methyl sites for hydroxylation is 1. The Bertz CT molecular complexity index is 1120. The van der Waals surface area contributed by atoms with E-state index in [1.165, 1.54) is 15.9 Å². The second kappa shape index (κ2) is 7.61. The van der Waals surface area contributed by atoms with Gasteiger partial charge in [0, 0.05) is 23.0 Å². The van der Waals surface area contributed by atoms with E-state index >= 15 is 0 Å². The van der Waals surface area contributed by atoms with Crippen LogP contribution in [0.1, 0.15) is 22.0 Å². The van der Waals surface area contributed by atoms with Crippen LogP contribution in [0.5, 0.6) is 5.75 Å². The van der Waals surface area contributed by atoms with E-state index in [2.05, 4.69) is 25.4 Å². The fourth-order valence-corrected chi connectivity index (χ4v) is 3.14. The van der Waals surface area contributed by atoms with Crippen molar-refractivity contribution in [3.8, 4) is 5.75 Å². The van der Waals surface area contributed by atoms with Gasteiger partial charge in [0.1, 0.15) is 12.4 Å². The zero-order chi connectivity index (χ0) is 19.5. The first kappa shape index (κ1) is 17.9. The average Bonchev–Trinajstić information content (AvgIpc) is 3.34. The summed E-state index contributed by atoms with van der Waals surface area (Å²) in [6, 6.07) is 9.29. The first-order valence-electron chi connectivity index (χ1n) is 8.33. The van der Waals surface area contributed by atoms with Crippen LogP contribution in [-0.4, -0.2) is 37.6 Å². The van der Waals surface area contributed by atoms with Crippen LogP contribution < -0.4 is 10.1 Å². The molecule has 0 amide bonds. The summed E-state index contributed by atoms with van der Waals surface area (Å²) in [6.45, 7) is 1.88. The molecule has 4 rings (SSSR count). The summed E-state index contributed by atoms with van der Waals surface area (Å²) in [5.74, 6) is 0.478. The third-order valence-electron chi connectivity index (χ3n) is 3.86. The molecule has 0 spiro atoms. The van der Waals surface area contributed by atoms with Crippen molar-refractivity contribution in [2.24, 2.45) is 0 Å². The van der Waals surface area contributed by atoms with Gasteiger partial charge in [0.25, 0.3) is 11.6 Å². The Kier molecular flexibility index (Phi) is 4.85. The Balaban J connectivity index is 1.38. The minimum absolute atomic E-state index is 0.0294. The van der Waals surface area contributed by atoms with E-state index in [1.54, 1.807) is 19.4 Å². The molecule has 3 heterocycles. The first-order valence-corrected chi connectivity index (χ1v) is 9.21. The lowest BCUT2D eigenvalue weighted by Crippen LogP contribution is -2.08. The fourth-order valence-electron chi connectivity index (χ4n) is 2.43. The van der Waals surface area contributed by atoms with Crippen molar-refractivity contribution in [1.82, 2.24) is 24.6 Å². The molecule has 1 N–H and O–H groups in total. The van der Waals surface area contributed by atoms with Gasteiger partial charge in [-0.1, -0.05) is 0 Å². The third-order valence-corrected chi connectivity index (χ3v) is 4.66. The van der Waals surface area contributed by atoms with Gasteiger partial charge in [-0.05, 0) is 37.3 Å². The Morgan fingerprint density at radius 3 is 2.79 bits per heavy atom. The molecule has 142 valence electrons. The lowest BCUT2D eigenvalue weighted by molar-refractivity contribution is 0.0454. The van der Waals surface area contributed by atoms with Crippen molar-refractivity contribution in [2.75, 3.05) is 12.4 Å². The number of fused-ring (bicyclic) bond motifs is 1. The SMILES string of the molecule is COc1ccc(Nc2nc(COC(=O)c3nc4nccc(C)n4n3)cs2)cc1. The van der Waals surface area contributed by atoms with Crippen molar-refractivity contribution in [3.63, 3.8) is 0 Å². The standard InChI is InChI=1S/C18H16N6O3S/c1-11-7-8-19-17-22-15(23-24(11)17)16(25)27-9-13-10-28-18(21-13)20-12-3-5-14(26-2)6-4-12/h3-8,10H,9H2,1-2H3,(H,20,21). The quantitative estimate of drug-likeness (QED) is 0.496. The number of benzene rings is 1. The Morgan fingerprint density at radius 1 is 1.21 bits per heavy atom. The molecule has 0 fully saturated rings. The molecule has 0 aliphatic heterocycles. The number of esters is 1. The molecule has 4 aromatic rings. The van der Waals surface area contributed by atoms with Gasteiger partial charge in [0.2, 0.25) is 0 Å². The van der Waals surface area contributed by atoms with Crippen LogP contribution in [0.3, 0.4) is 0 Å². The lowest BCUT2D eigenvalue weighted by Gasteiger charge is -2.04. The van der Waals surface area contributed by atoms with E-state index in [9.17, 15) is 4.79 Å². The molecule has 0 atom stereocenters. The summed E-state index contributed by atoms with van der Waals surface area (Å²) in [4.78, 5) is 24.8. The predicted molar refractivity (Wildman–Crippen MR) is 103 cm³/mol. The monoisotopic (exact) mass is 396 g/mol. The van der Waals surface area contributed by atoms with Gasteiger partial charge in [0.05, 0.1) is 12.8 Å². The highest BCUT2D eigenvalue weighted by Crippen LogP contribution is 2.23. The minimum Gasteiger partial charge on any atom is -0.497 e. The van der Waals surface area contributed by atoms with Gasteiger partial charge in [0.15, 0.2) is 5.13 Å². The largest absolute Gasteiger partial charge is 0.497 e. The van der Waals surface area contributed by atoms with Gasteiger partial charge in [-0.15, -0.1) is 16.4 Å². The Morgan fingerprint density at radius 2 is 2.04 bits per heavy atom. The van der Waals surface area contributed by atoms with Crippen molar-refractivity contribution >= 4 is 33.9 Å². The van der Waals surface area contributed by atoms with Gasteiger partial charge < -0.3 is 14.8 Å². The smallest absolute Gasteiger partial charge is 0.378 e. The second-order valence-electron chi connectivity index (χ2n) is 5.81. The number of methoxy groups -OCH3 is 1. The maximum Gasteiger partial charge on any atom is 0.378 e. The highest BCUT2D eigenvalue weighted by atomic mass is 32.1. The average molecular weight is 396 g/mol. The third kappa shape index (κ3) is 3.76. The fraction of sp³-hybridized carbons (Fsp3) is 0.167. The number of aromatic nitrogens is 5. The molecular weight excluding hydrogens is 380 g/mol. The number of ether oxygens (including phenoxy) is 2. The lowest BCUT2D eigenvalue weighted by atomic mass is 10.3. The molecule has 0 aliphatic rings. The van der Waals surface area contributed by atoms with Gasteiger partial charge in [-0.25, -0.2) is 19.3 Å². The number of hydrogen-bond donors (Lipinski definition) is 1. The van der Waals surface area contributed by atoms with Crippen LogP contribution in [0.25, 0.3) is 5.78 Å². The van der Waals surface area contributed by atoms with Crippen LogP contribution in [0, 0.1) is 6.92 Å². The van der Waals surface area contributed by atoms with E-state index in [0.717, 1.165) is 17.1 Å². The number of hydrogen-bond acceptors (Lipinski definition) is 9. The second-order valence-corrected chi connectivity index (χ2v) is 6.67. The number of nitrogens with zero attached hydrogens (tertiary/aromatic N) is 5. The van der Waals surface area contributed by atoms with Crippen LogP contribution in [-0.2, 0) is 11.3 Å². The van der Waals surface area contributed by atoms with Crippen LogP contribution in [0.4, 0.5) is 10.8 Å². The Hall–Kier alpha value is -3.53. The van der Waals surface area contributed by atoms with E-state index in [-0.39, 0.29) is 12.4 Å². The first-order chi connectivity index (χ1) is 13.6. The molecule has 10 heteroatoms. The zero-order valence-corrected chi connectivity index (χ0v) is 15.9. The highest BCUT2D eigenvalue weighted by molar-refractivity contribution is 7.13. The number of carbonyl (C=O) groups excluding carboxylic acids is 1. The molecule has 0 aliphatic carbocycles. The van der Waals surface area contributed by atoms with Crippen LogP contribution >= 0.6 is 11.3 Å².